The standard InChI is InChI=1S/C17H22OS/c1-6-7-12(2)17(4)11-19-16-10-14(18-5)8-9-15(16)13(17)3/h6-10,13H,1,11H2,2-5H3/b12-7-. The summed E-state index contributed by atoms with van der Waals surface area (Å²) in [7, 11) is 1.72. The van der Waals surface area contributed by atoms with Crippen LogP contribution in [0.5, 0.6) is 5.75 Å². The van der Waals surface area contributed by atoms with Gasteiger partial charge in [-0.2, -0.15) is 0 Å². The van der Waals surface area contributed by atoms with E-state index in [1.54, 1.807) is 7.11 Å². The van der Waals surface area contributed by atoms with Crippen molar-refractivity contribution in [2.45, 2.75) is 31.6 Å². The molecule has 0 fully saturated rings. The number of hydrogen-bond donors (Lipinski definition) is 0. The molecule has 0 saturated heterocycles. The van der Waals surface area contributed by atoms with Crippen LogP contribution in [-0.4, -0.2) is 12.9 Å². The van der Waals surface area contributed by atoms with Crippen molar-refractivity contribution in [3.63, 3.8) is 0 Å². The minimum atomic E-state index is 0.195. The molecule has 2 heteroatoms. The zero-order valence-electron chi connectivity index (χ0n) is 12.2. The second-order valence-corrected chi connectivity index (χ2v) is 6.43. The second kappa shape index (κ2) is 5.46. The lowest BCUT2D eigenvalue weighted by Gasteiger charge is -2.41. The van der Waals surface area contributed by atoms with Gasteiger partial charge in [0.2, 0.25) is 0 Å². The van der Waals surface area contributed by atoms with Crippen LogP contribution in [0.2, 0.25) is 0 Å². The average molecular weight is 274 g/mol. The van der Waals surface area contributed by atoms with Gasteiger partial charge in [-0.1, -0.05) is 44.2 Å². The van der Waals surface area contributed by atoms with Gasteiger partial charge in [-0.25, -0.2) is 0 Å². The Hall–Kier alpha value is -1.15. The van der Waals surface area contributed by atoms with Crippen LogP contribution in [0.4, 0.5) is 0 Å². The van der Waals surface area contributed by atoms with E-state index in [0.717, 1.165) is 11.5 Å². The molecule has 0 spiro atoms. The van der Waals surface area contributed by atoms with E-state index in [0.29, 0.717) is 5.92 Å². The topological polar surface area (TPSA) is 9.23 Å². The normalized spacial score (nSPS) is 26.7. The molecule has 1 aliphatic heterocycles. The van der Waals surface area contributed by atoms with Crippen molar-refractivity contribution in [1.29, 1.82) is 0 Å². The zero-order chi connectivity index (χ0) is 14.0. The van der Waals surface area contributed by atoms with Gasteiger partial charge in [0.25, 0.3) is 0 Å². The van der Waals surface area contributed by atoms with Gasteiger partial charge in [0.1, 0.15) is 5.75 Å². The summed E-state index contributed by atoms with van der Waals surface area (Å²) >= 11 is 1.93. The molecule has 19 heavy (non-hydrogen) atoms. The smallest absolute Gasteiger partial charge is 0.119 e. The number of thioether (sulfide) groups is 1. The van der Waals surface area contributed by atoms with Crippen LogP contribution in [0.1, 0.15) is 32.3 Å². The number of ether oxygens (including phenoxy) is 1. The van der Waals surface area contributed by atoms with Gasteiger partial charge in [0.05, 0.1) is 7.11 Å². The number of benzene rings is 1. The van der Waals surface area contributed by atoms with E-state index >= 15 is 0 Å². The number of hydrogen-bond acceptors (Lipinski definition) is 2. The molecule has 0 radical (unpaired) electrons. The van der Waals surface area contributed by atoms with Crippen molar-refractivity contribution in [3.05, 3.63) is 48.1 Å². The summed E-state index contributed by atoms with van der Waals surface area (Å²) in [6.07, 6.45) is 4.03. The van der Waals surface area contributed by atoms with Crippen molar-refractivity contribution >= 4 is 11.8 Å². The Morgan fingerprint density at radius 1 is 1.53 bits per heavy atom. The molecule has 1 aromatic carbocycles. The Morgan fingerprint density at radius 2 is 2.26 bits per heavy atom. The Balaban J connectivity index is 2.42. The first-order valence-corrected chi connectivity index (χ1v) is 7.62. The molecule has 0 aromatic heterocycles. The third-order valence-electron chi connectivity index (χ3n) is 4.44. The molecule has 1 aliphatic rings. The van der Waals surface area contributed by atoms with Crippen molar-refractivity contribution in [2.24, 2.45) is 5.41 Å². The monoisotopic (exact) mass is 274 g/mol. The highest BCUT2D eigenvalue weighted by Gasteiger charge is 2.38. The van der Waals surface area contributed by atoms with E-state index in [9.17, 15) is 0 Å². The highest BCUT2D eigenvalue weighted by Crippen LogP contribution is 2.52. The molecule has 1 aromatic rings. The first-order valence-electron chi connectivity index (χ1n) is 6.63. The first-order chi connectivity index (χ1) is 9.02. The molecule has 1 nitrogen and oxygen atoms in total. The van der Waals surface area contributed by atoms with Crippen molar-refractivity contribution < 1.29 is 4.74 Å². The minimum absolute atomic E-state index is 0.195. The maximum Gasteiger partial charge on any atom is 0.119 e. The van der Waals surface area contributed by atoms with Gasteiger partial charge in [-0.3, -0.25) is 0 Å². The molecule has 0 saturated carbocycles. The van der Waals surface area contributed by atoms with Crippen LogP contribution in [0.25, 0.3) is 0 Å². The summed E-state index contributed by atoms with van der Waals surface area (Å²) in [5.41, 5.74) is 3.03. The fourth-order valence-corrected chi connectivity index (χ4v) is 4.19. The first kappa shape index (κ1) is 14.3. The fourth-order valence-electron chi connectivity index (χ4n) is 2.64. The fraction of sp³-hybridized carbons (Fsp3) is 0.412. The molecule has 2 unspecified atom stereocenters. The van der Waals surface area contributed by atoms with Gasteiger partial charge in [0, 0.05) is 16.1 Å². The Labute approximate surface area is 120 Å². The highest BCUT2D eigenvalue weighted by molar-refractivity contribution is 7.99. The predicted octanol–water partition coefficient (Wildman–Crippen LogP) is 5.04. The van der Waals surface area contributed by atoms with Crippen LogP contribution in [-0.2, 0) is 0 Å². The van der Waals surface area contributed by atoms with Crippen molar-refractivity contribution in [1.82, 2.24) is 0 Å². The molecular formula is C17H22OS. The van der Waals surface area contributed by atoms with Gasteiger partial charge >= 0.3 is 0 Å². The number of fused-ring (bicyclic) bond motifs is 1. The van der Waals surface area contributed by atoms with Crippen LogP contribution in [0.15, 0.2) is 47.4 Å². The number of allylic oxidation sites excluding steroid dienone is 3. The average Bonchev–Trinajstić information content (AvgIpc) is 2.43. The van der Waals surface area contributed by atoms with Gasteiger partial charge < -0.3 is 4.74 Å². The van der Waals surface area contributed by atoms with E-state index < -0.39 is 0 Å². The molecule has 0 bridgehead atoms. The van der Waals surface area contributed by atoms with Crippen LogP contribution in [0, 0.1) is 5.41 Å². The Bertz CT molecular complexity index is 518. The van der Waals surface area contributed by atoms with E-state index in [-0.39, 0.29) is 5.41 Å². The minimum Gasteiger partial charge on any atom is -0.497 e. The zero-order valence-corrected chi connectivity index (χ0v) is 13.0. The second-order valence-electron chi connectivity index (χ2n) is 5.42. The molecule has 2 rings (SSSR count). The Kier molecular flexibility index (Phi) is 4.10. The van der Waals surface area contributed by atoms with E-state index in [4.69, 9.17) is 4.74 Å². The molecule has 2 atom stereocenters. The van der Waals surface area contributed by atoms with Crippen LogP contribution >= 0.6 is 11.8 Å². The van der Waals surface area contributed by atoms with Gasteiger partial charge in [-0.05, 0) is 30.5 Å². The summed E-state index contributed by atoms with van der Waals surface area (Å²) in [5, 5.41) is 0. The quantitative estimate of drug-likeness (QED) is 0.714. The van der Waals surface area contributed by atoms with Gasteiger partial charge in [-0.15, -0.1) is 11.8 Å². The molecule has 1 heterocycles. The van der Waals surface area contributed by atoms with Crippen molar-refractivity contribution in [3.8, 4) is 5.75 Å². The summed E-state index contributed by atoms with van der Waals surface area (Å²) in [5.74, 6) is 2.55. The summed E-state index contributed by atoms with van der Waals surface area (Å²) in [6.45, 7) is 10.7. The molecule has 102 valence electrons. The lowest BCUT2D eigenvalue weighted by atomic mass is 9.70. The summed E-state index contributed by atoms with van der Waals surface area (Å²) < 4.78 is 5.32. The lowest BCUT2D eigenvalue weighted by molar-refractivity contribution is 0.365. The molecule has 0 aliphatic carbocycles. The van der Waals surface area contributed by atoms with Crippen molar-refractivity contribution in [2.75, 3.05) is 12.9 Å². The summed E-state index contributed by atoms with van der Waals surface area (Å²) in [6, 6.07) is 6.43. The predicted molar refractivity (Wildman–Crippen MR) is 84.2 cm³/mol. The maximum atomic E-state index is 5.32. The lowest BCUT2D eigenvalue weighted by Crippen LogP contribution is -2.31. The third kappa shape index (κ3) is 2.46. The van der Waals surface area contributed by atoms with Gasteiger partial charge in [0.15, 0.2) is 0 Å². The third-order valence-corrected chi connectivity index (χ3v) is 5.85. The highest BCUT2D eigenvalue weighted by atomic mass is 32.2. The maximum absolute atomic E-state index is 5.32. The largest absolute Gasteiger partial charge is 0.497 e. The SMILES string of the molecule is C=C/C=C(/C)C1(C)CSc2cc(OC)ccc2C1C. The molecule has 0 N–H and O–H groups in total. The Morgan fingerprint density at radius 3 is 2.89 bits per heavy atom. The summed E-state index contributed by atoms with van der Waals surface area (Å²) in [4.78, 5) is 1.36. The molecule has 0 amide bonds. The van der Waals surface area contributed by atoms with Crippen LogP contribution in [0.3, 0.4) is 0 Å². The van der Waals surface area contributed by atoms with E-state index in [1.165, 1.54) is 16.0 Å². The number of rotatable bonds is 3. The van der Waals surface area contributed by atoms with E-state index in [1.807, 2.05) is 17.8 Å². The molecular weight excluding hydrogens is 252 g/mol. The van der Waals surface area contributed by atoms with Crippen LogP contribution < -0.4 is 4.74 Å². The number of methoxy groups -OCH3 is 1. The van der Waals surface area contributed by atoms with E-state index in [2.05, 4.69) is 51.6 Å².